The lowest BCUT2D eigenvalue weighted by Gasteiger charge is -2.20. The van der Waals surface area contributed by atoms with Gasteiger partial charge in [-0.25, -0.2) is 8.78 Å². The first kappa shape index (κ1) is 18.0. The topological polar surface area (TPSA) is 44.7 Å². The smallest absolute Gasteiger partial charge is 0.263 e. The van der Waals surface area contributed by atoms with Crippen LogP contribution in [0.3, 0.4) is 0 Å². The molecule has 1 unspecified atom stereocenters. The Hall–Kier alpha value is -1.08. The summed E-state index contributed by atoms with van der Waals surface area (Å²) < 4.78 is 30.1. The van der Waals surface area contributed by atoms with Crippen LogP contribution >= 0.6 is 0 Å². The van der Waals surface area contributed by atoms with Gasteiger partial charge in [0.25, 0.3) is 6.43 Å². The average Bonchev–Trinajstić information content (AvgIpc) is 2.45. The average molecular weight is 302 g/mol. The van der Waals surface area contributed by atoms with E-state index >= 15 is 0 Å². The van der Waals surface area contributed by atoms with E-state index in [1.54, 1.807) is 19.2 Å². The van der Waals surface area contributed by atoms with E-state index in [-0.39, 0.29) is 5.56 Å². The zero-order valence-corrected chi connectivity index (χ0v) is 12.6. The number of methoxy groups -OCH3 is 1. The maximum absolute atomic E-state index is 12.6. The monoisotopic (exact) mass is 302 g/mol. The fourth-order valence-corrected chi connectivity index (χ4v) is 1.98. The fourth-order valence-electron chi connectivity index (χ4n) is 1.98. The summed E-state index contributed by atoms with van der Waals surface area (Å²) >= 11 is 0. The van der Waals surface area contributed by atoms with Crippen LogP contribution in [0.2, 0.25) is 0 Å². The molecular weight excluding hydrogens is 278 g/mol. The summed E-state index contributed by atoms with van der Waals surface area (Å²) in [7, 11) is 3.55. The Morgan fingerprint density at radius 1 is 1.38 bits per heavy atom. The molecule has 0 aromatic heterocycles. The zero-order chi connectivity index (χ0) is 15.7. The van der Waals surface area contributed by atoms with E-state index in [0.29, 0.717) is 26.2 Å². The zero-order valence-electron chi connectivity index (χ0n) is 12.6. The van der Waals surface area contributed by atoms with Gasteiger partial charge in [0.2, 0.25) is 0 Å². The Labute approximate surface area is 124 Å². The summed E-state index contributed by atoms with van der Waals surface area (Å²) in [6.07, 6.45) is -2.96. The summed E-state index contributed by atoms with van der Waals surface area (Å²) in [5, 5.41) is 13.0. The summed E-state index contributed by atoms with van der Waals surface area (Å²) in [6.45, 7) is 2.78. The number of hydrogen-bond acceptors (Lipinski definition) is 4. The second kappa shape index (κ2) is 9.78. The van der Waals surface area contributed by atoms with Gasteiger partial charge in [0.1, 0.15) is 0 Å². The standard InChI is InChI=1S/C15H24F2N2O2/c1-19(6-7-21-2)11-14(20)10-18-9-12-4-3-5-13(8-12)15(16)17/h3-5,8,14-15,18,20H,6-7,9-11H2,1-2H3. The molecule has 0 fully saturated rings. The van der Waals surface area contributed by atoms with E-state index in [4.69, 9.17) is 4.74 Å². The van der Waals surface area contributed by atoms with Crippen molar-refractivity contribution < 1.29 is 18.6 Å². The molecule has 0 heterocycles. The molecule has 1 aromatic rings. The maximum atomic E-state index is 12.6. The highest BCUT2D eigenvalue weighted by Gasteiger charge is 2.09. The summed E-state index contributed by atoms with van der Waals surface area (Å²) in [5.74, 6) is 0. The Kier molecular flexibility index (Phi) is 8.37. The summed E-state index contributed by atoms with van der Waals surface area (Å²) in [4.78, 5) is 1.98. The van der Waals surface area contributed by atoms with Crippen LogP contribution in [-0.2, 0) is 11.3 Å². The van der Waals surface area contributed by atoms with Crippen LogP contribution in [0.4, 0.5) is 8.78 Å². The Morgan fingerprint density at radius 2 is 2.14 bits per heavy atom. The van der Waals surface area contributed by atoms with Crippen molar-refractivity contribution in [2.24, 2.45) is 0 Å². The molecule has 0 aliphatic carbocycles. The lowest BCUT2D eigenvalue weighted by atomic mass is 10.1. The van der Waals surface area contributed by atoms with E-state index in [1.807, 2.05) is 11.9 Å². The molecule has 1 atom stereocenters. The molecule has 0 aliphatic rings. The number of alkyl halides is 2. The Balaban J connectivity index is 2.28. The minimum atomic E-state index is -2.45. The number of benzene rings is 1. The third kappa shape index (κ3) is 7.47. The highest BCUT2D eigenvalue weighted by atomic mass is 19.3. The van der Waals surface area contributed by atoms with Crippen molar-refractivity contribution >= 4 is 0 Å². The molecule has 0 amide bonds. The minimum Gasteiger partial charge on any atom is -0.390 e. The van der Waals surface area contributed by atoms with Gasteiger partial charge in [-0.2, -0.15) is 0 Å². The number of ether oxygens (including phenoxy) is 1. The van der Waals surface area contributed by atoms with E-state index < -0.39 is 12.5 Å². The molecule has 0 saturated carbocycles. The molecule has 2 N–H and O–H groups in total. The molecule has 0 spiro atoms. The molecule has 120 valence electrons. The molecule has 0 bridgehead atoms. The Morgan fingerprint density at radius 3 is 2.81 bits per heavy atom. The largest absolute Gasteiger partial charge is 0.390 e. The van der Waals surface area contributed by atoms with E-state index in [1.165, 1.54) is 12.1 Å². The van der Waals surface area contributed by atoms with Gasteiger partial charge in [0.05, 0.1) is 12.7 Å². The van der Waals surface area contributed by atoms with Crippen LogP contribution < -0.4 is 5.32 Å². The van der Waals surface area contributed by atoms with Gasteiger partial charge >= 0.3 is 0 Å². The quantitative estimate of drug-likeness (QED) is 0.690. The van der Waals surface area contributed by atoms with E-state index in [9.17, 15) is 13.9 Å². The van der Waals surface area contributed by atoms with Crippen LogP contribution in [0.15, 0.2) is 24.3 Å². The lowest BCUT2D eigenvalue weighted by Crippen LogP contribution is -2.37. The van der Waals surface area contributed by atoms with Crippen molar-refractivity contribution in [3.63, 3.8) is 0 Å². The van der Waals surface area contributed by atoms with Gasteiger partial charge in [-0.15, -0.1) is 0 Å². The van der Waals surface area contributed by atoms with Crippen molar-refractivity contribution in [3.8, 4) is 0 Å². The van der Waals surface area contributed by atoms with Crippen molar-refractivity contribution in [1.29, 1.82) is 0 Å². The molecule has 0 saturated heterocycles. The number of aliphatic hydroxyl groups is 1. The fraction of sp³-hybridized carbons (Fsp3) is 0.600. The van der Waals surface area contributed by atoms with Crippen molar-refractivity contribution in [2.45, 2.75) is 19.1 Å². The number of hydrogen-bond donors (Lipinski definition) is 2. The highest BCUT2D eigenvalue weighted by Crippen LogP contribution is 2.19. The molecular formula is C15H24F2N2O2. The first-order valence-electron chi connectivity index (χ1n) is 6.96. The van der Waals surface area contributed by atoms with Gasteiger partial charge < -0.3 is 20.1 Å². The molecule has 6 heteroatoms. The molecule has 1 rings (SSSR count). The number of likely N-dealkylation sites (N-methyl/N-ethyl adjacent to an activating group) is 1. The number of nitrogens with zero attached hydrogens (tertiary/aromatic N) is 1. The first-order valence-corrected chi connectivity index (χ1v) is 6.96. The van der Waals surface area contributed by atoms with Crippen LogP contribution in [0, 0.1) is 0 Å². The van der Waals surface area contributed by atoms with Crippen molar-refractivity contribution in [1.82, 2.24) is 10.2 Å². The van der Waals surface area contributed by atoms with Crippen LogP contribution in [0.25, 0.3) is 0 Å². The molecule has 1 aromatic carbocycles. The van der Waals surface area contributed by atoms with Gasteiger partial charge in [-0.3, -0.25) is 0 Å². The van der Waals surface area contributed by atoms with Crippen LogP contribution in [0.5, 0.6) is 0 Å². The van der Waals surface area contributed by atoms with Crippen LogP contribution in [0.1, 0.15) is 17.6 Å². The minimum absolute atomic E-state index is 0.0224. The number of nitrogens with one attached hydrogen (secondary N) is 1. The lowest BCUT2D eigenvalue weighted by molar-refractivity contribution is 0.102. The second-order valence-corrected chi connectivity index (χ2v) is 5.09. The van der Waals surface area contributed by atoms with Gasteiger partial charge in [-0.05, 0) is 18.7 Å². The van der Waals surface area contributed by atoms with Gasteiger partial charge in [-0.1, -0.05) is 18.2 Å². The third-order valence-electron chi connectivity index (χ3n) is 3.11. The highest BCUT2D eigenvalue weighted by molar-refractivity contribution is 5.24. The Bertz CT molecular complexity index is 405. The summed E-state index contributed by atoms with van der Waals surface area (Å²) in [5.41, 5.74) is 0.807. The predicted molar refractivity (Wildman–Crippen MR) is 78.5 cm³/mol. The van der Waals surface area contributed by atoms with Crippen LogP contribution in [-0.4, -0.2) is 56.5 Å². The molecule has 4 nitrogen and oxygen atoms in total. The van der Waals surface area contributed by atoms with E-state index in [2.05, 4.69) is 5.32 Å². The molecule has 0 radical (unpaired) electrons. The number of rotatable bonds is 10. The number of aliphatic hydroxyl groups excluding tert-OH is 1. The summed E-state index contributed by atoms with van der Waals surface area (Å²) in [6, 6.07) is 6.30. The van der Waals surface area contributed by atoms with Crippen molar-refractivity contribution in [3.05, 3.63) is 35.4 Å². The molecule has 21 heavy (non-hydrogen) atoms. The second-order valence-electron chi connectivity index (χ2n) is 5.09. The predicted octanol–water partition coefficient (Wildman–Crippen LogP) is 1.65. The van der Waals surface area contributed by atoms with Crippen molar-refractivity contribution in [2.75, 3.05) is 40.4 Å². The van der Waals surface area contributed by atoms with Gasteiger partial charge in [0.15, 0.2) is 0 Å². The number of halogens is 2. The molecule has 0 aliphatic heterocycles. The first-order chi connectivity index (χ1) is 10.0. The normalized spacial score (nSPS) is 13.1. The van der Waals surface area contributed by atoms with E-state index in [0.717, 1.165) is 12.1 Å². The van der Waals surface area contributed by atoms with Gasteiger partial charge in [0, 0.05) is 38.9 Å². The SMILES string of the molecule is COCCN(C)CC(O)CNCc1cccc(C(F)F)c1. The maximum Gasteiger partial charge on any atom is 0.263 e. The third-order valence-corrected chi connectivity index (χ3v) is 3.11.